The van der Waals surface area contributed by atoms with Crippen LogP contribution in [-0.4, -0.2) is 48.6 Å². The Kier molecular flexibility index (Phi) is 5.51. The molecule has 8 nitrogen and oxygen atoms in total. The van der Waals surface area contributed by atoms with Crippen LogP contribution in [0, 0.1) is 16.0 Å². The van der Waals surface area contributed by atoms with Crippen molar-refractivity contribution in [2.24, 2.45) is 11.7 Å². The Hall–Kier alpha value is -2.19. The van der Waals surface area contributed by atoms with Crippen LogP contribution >= 0.6 is 0 Å². The molecule has 1 aromatic carbocycles. The van der Waals surface area contributed by atoms with Gasteiger partial charge in [-0.3, -0.25) is 15.0 Å². The van der Waals surface area contributed by atoms with Gasteiger partial charge in [0.05, 0.1) is 12.0 Å². The summed E-state index contributed by atoms with van der Waals surface area (Å²) in [5, 5.41) is 11.2. The molecule has 0 spiro atoms. The van der Waals surface area contributed by atoms with Crippen LogP contribution in [0.25, 0.3) is 0 Å². The van der Waals surface area contributed by atoms with E-state index in [9.17, 15) is 14.9 Å². The molecule has 1 aliphatic heterocycles. The van der Waals surface area contributed by atoms with E-state index in [1.165, 1.54) is 19.2 Å². The van der Waals surface area contributed by atoms with Crippen LogP contribution in [-0.2, 0) is 16.1 Å². The number of esters is 1. The first-order chi connectivity index (χ1) is 10.9. The van der Waals surface area contributed by atoms with Gasteiger partial charge in [0, 0.05) is 31.7 Å². The maximum atomic E-state index is 11.2. The van der Waals surface area contributed by atoms with Crippen molar-refractivity contribution in [1.82, 2.24) is 4.90 Å². The van der Waals surface area contributed by atoms with Crippen LogP contribution in [0.2, 0.25) is 0 Å². The number of nitrogens with zero attached hydrogens (tertiary/aromatic N) is 2. The van der Waals surface area contributed by atoms with Crippen LogP contribution < -0.4 is 10.5 Å². The van der Waals surface area contributed by atoms with Crippen LogP contribution in [0.1, 0.15) is 12.5 Å². The van der Waals surface area contributed by atoms with Gasteiger partial charge in [-0.1, -0.05) is 13.0 Å². The van der Waals surface area contributed by atoms with Crippen molar-refractivity contribution in [2.45, 2.75) is 19.5 Å². The third kappa shape index (κ3) is 4.40. The molecule has 0 bridgehead atoms. The Morgan fingerprint density at radius 1 is 1.48 bits per heavy atom. The quantitative estimate of drug-likeness (QED) is 0.471. The molecule has 8 heteroatoms. The van der Waals surface area contributed by atoms with Crippen LogP contribution in [0.3, 0.4) is 0 Å². The first kappa shape index (κ1) is 17.2. The van der Waals surface area contributed by atoms with E-state index >= 15 is 0 Å². The molecule has 0 aromatic heterocycles. The summed E-state index contributed by atoms with van der Waals surface area (Å²) in [7, 11) is 1.23. The number of hydrogen-bond donors (Lipinski definition) is 1. The SMILES string of the molecule is COC(=O)COc1ccc(CN2CC(C)C(N)C2)cc1[N+](=O)[O-]. The number of nitrogens with two attached hydrogens (primary N) is 1. The summed E-state index contributed by atoms with van der Waals surface area (Å²) in [6.07, 6.45) is 0. The van der Waals surface area contributed by atoms with E-state index in [2.05, 4.69) is 16.6 Å². The number of nitro groups is 1. The molecular weight excluding hydrogens is 302 g/mol. The number of ether oxygens (including phenoxy) is 2. The molecular formula is C15H21N3O5. The van der Waals surface area contributed by atoms with Crippen molar-refractivity contribution in [3.05, 3.63) is 33.9 Å². The fourth-order valence-corrected chi connectivity index (χ4v) is 2.60. The van der Waals surface area contributed by atoms with Gasteiger partial charge in [0.1, 0.15) is 0 Å². The average Bonchev–Trinajstić information content (AvgIpc) is 2.83. The zero-order chi connectivity index (χ0) is 17.0. The highest BCUT2D eigenvalue weighted by atomic mass is 16.6. The van der Waals surface area contributed by atoms with Gasteiger partial charge in [-0.15, -0.1) is 0 Å². The third-order valence-corrected chi connectivity index (χ3v) is 3.95. The summed E-state index contributed by atoms with van der Waals surface area (Å²) in [4.78, 5) is 23.9. The van der Waals surface area contributed by atoms with Crippen molar-refractivity contribution >= 4 is 11.7 Å². The molecule has 1 aromatic rings. The molecule has 0 radical (unpaired) electrons. The predicted octanol–water partition coefficient (Wildman–Crippen LogP) is 0.926. The number of benzene rings is 1. The van der Waals surface area contributed by atoms with Gasteiger partial charge in [-0.25, -0.2) is 4.79 Å². The zero-order valence-corrected chi connectivity index (χ0v) is 13.2. The molecule has 1 saturated heterocycles. The fraction of sp³-hybridized carbons (Fsp3) is 0.533. The smallest absolute Gasteiger partial charge is 0.343 e. The number of hydrogen-bond acceptors (Lipinski definition) is 7. The molecule has 0 saturated carbocycles. The van der Waals surface area contributed by atoms with Crippen LogP contribution in [0.5, 0.6) is 5.75 Å². The van der Waals surface area contributed by atoms with Crippen molar-refractivity contribution in [2.75, 3.05) is 26.8 Å². The maximum Gasteiger partial charge on any atom is 0.343 e. The predicted molar refractivity (Wildman–Crippen MR) is 83.0 cm³/mol. The fourth-order valence-electron chi connectivity index (χ4n) is 2.60. The molecule has 2 atom stereocenters. The molecule has 1 heterocycles. The topological polar surface area (TPSA) is 108 Å². The summed E-state index contributed by atoms with van der Waals surface area (Å²) in [5.41, 5.74) is 6.64. The molecule has 0 aliphatic carbocycles. The van der Waals surface area contributed by atoms with E-state index in [0.717, 1.165) is 18.7 Å². The summed E-state index contributed by atoms with van der Waals surface area (Å²) >= 11 is 0. The minimum Gasteiger partial charge on any atom is -0.475 e. The first-order valence-electron chi connectivity index (χ1n) is 7.35. The van der Waals surface area contributed by atoms with Gasteiger partial charge in [-0.2, -0.15) is 0 Å². The van der Waals surface area contributed by atoms with Gasteiger partial charge in [0.2, 0.25) is 0 Å². The Bertz CT molecular complexity index is 582. The zero-order valence-electron chi connectivity index (χ0n) is 13.2. The summed E-state index contributed by atoms with van der Waals surface area (Å²) in [6, 6.07) is 4.87. The van der Waals surface area contributed by atoms with Crippen LogP contribution in [0.4, 0.5) is 5.69 Å². The molecule has 2 N–H and O–H groups in total. The van der Waals surface area contributed by atoms with Gasteiger partial charge in [-0.05, 0) is 17.5 Å². The standard InChI is InChI=1S/C15H21N3O5/c1-10-6-17(8-12(10)16)7-11-3-4-14(13(5-11)18(20)21)23-9-15(19)22-2/h3-5,10,12H,6-9,16H2,1-2H3. The minimum absolute atomic E-state index is 0.0515. The lowest BCUT2D eigenvalue weighted by atomic mass is 10.1. The minimum atomic E-state index is -0.594. The average molecular weight is 323 g/mol. The van der Waals surface area contributed by atoms with Gasteiger partial charge in [0.25, 0.3) is 0 Å². The van der Waals surface area contributed by atoms with Gasteiger partial charge < -0.3 is 15.2 Å². The summed E-state index contributed by atoms with van der Waals surface area (Å²) < 4.78 is 9.61. The lowest BCUT2D eigenvalue weighted by Gasteiger charge is -2.15. The lowest BCUT2D eigenvalue weighted by molar-refractivity contribution is -0.385. The van der Waals surface area contributed by atoms with Crippen molar-refractivity contribution in [3.63, 3.8) is 0 Å². The second-order valence-corrected chi connectivity index (χ2v) is 5.76. The van der Waals surface area contributed by atoms with Crippen molar-refractivity contribution < 1.29 is 19.2 Å². The van der Waals surface area contributed by atoms with Crippen molar-refractivity contribution in [1.29, 1.82) is 0 Å². The Morgan fingerprint density at radius 3 is 2.78 bits per heavy atom. The Morgan fingerprint density at radius 2 is 2.22 bits per heavy atom. The molecule has 2 rings (SSSR count). The number of nitro benzene ring substituents is 1. The monoisotopic (exact) mass is 323 g/mol. The molecule has 23 heavy (non-hydrogen) atoms. The number of rotatable bonds is 6. The molecule has 0 amide bonds. The first-order valence-corrected chi connectivity index (χ1v) is 7.35. The Balaban J connectivity index is 2.09. The summed E-state index contributed by atoms with van der Waals surface area (Å²) in [5.74, 6) is -0.133. The van der Waals surface area contributed by atoms with Crippen LogP contribution in [0.15, 0.2) is 18.2 Å². The van der Waals surface area contributed by atoms with Gasteiger partial charge in [0.15, 0.2) is 12.4 Å². The number of methoxy groups -OCH3 is 1. The maximum absolute atomic E-state index is 11.2. The molecule has 126 valence electrons. The van der Waals surface area contributed by atoms with Gasteiger partial charge >= 0.3 is 11.7 Å². The largest absolute Gasteiger partial charge is 0.475 e. The molecule has 1 fully saturated rings. The normalized spacial score (nSPS) is 21.2. The van der Waals surface area contributed by atoms with E-state index in [1.807, 2.05) is 0 Å². The number of carbonyl (C=O) groups excluding carboxylic acids is 1. The molecule has 1 aliphatic rings. The second kappa shape index (κ2) is 7.38. The Labute approximate surface area is 134 Å². The van der Waals surface area contributed by atoms with E-state index in [-0.39, 0.29) is 24.1 Å². The van der Waals surface area contributed by atoms with E-state index < -0.39 is 10.9 Å². The highest BCUT2D eigenvalue weighted by molar-refractivity contribution is 5.71. The highest BCUT2D eigenvalue weighted by Gasteiger charge is 2.27. The van der Waals surface area contributed by atoms with E-state index in [0.29, 0.717) is 12.5 Å². The lowest BCUT2D eigenvalue weighted by Crippen LogP contribution is -2.28. The summed E-state index contributed by atoms with van der Waals surface area (Å²) in [6.45, 7) is 3.97. The van der Waals surface area contributed by atoms with E-state index in [4.69, 9.17) is 10.5 Å². The van der Waals surface area contributed by atoms with E-state index in [1.54, 1.807) is 6.07 Å². The number of likely N-dealkylation sites (tertiary alicyclic amines) is 1. The highest BCUT2D eigenvalue weighted by Crippen LogP contribution is 2.29. The molecule has 2 unspecified atom stereocenters. The van der Waals surface area contributed by atoms with Crippen molar-refractivity contribution in [3.8, 4) is 5.75 Å². The second-order valence-electron chi connectivity index (χ2n) is 5.76. The third-order valence-electron chi connectivity index (χ3n) is 3.95. The number of carbonyl (C=O) groups is 1.